The van der Waals surface area contributed by atoms with Crippen molar-refractivity contribution >= 4 is 17.3 Å². The zero-order valence-corrected chi connectivity index (χ0v) is 17.5. The third-order valence-corrected chi connectivity index (χ3v) is 7.06. The van der Waals surface area contributed by atoms with Gasteiger partial charge in [0.2, 0.25) is 0 Å². The Balaban J connectivity index is 1.67. The van der Waals surface area contributed by atoms with E-state index < -0.39 is 0 Å². The Bertz CT molecular complexity index is 789. The van der Waals surface area contributed by atoms with E-state index in [9.17, 15) is 9.59 Å². The first-order chi connectivity index (χ1) is 13.2. The van der Waals surface area contributed by atoms with Gasteiger partial charge in [-0.1, -0.05) is 56.7 Å². The predicted molar refractivity (Wildman–Crippen MR) is 114 cm³/mol. The van der Waals surface area contributed by atoms with Gasteiger partial charge in [0, 0.05) is 24.5 Å². The number of carbonyl (C=O) groups excluding carboxylic acids is 2. The summed E-state index contributed by atoms with van der Waals surface area (Å²) < 4.78 is 0. The average molecular weight is 380 g/mol. The van der Waals surface area contributed by atoms with Gasteiger partial charge in [-0.05, 0) is 55.1 Å². The Labute approximate surface area is 169 Å². The van der Waals surface area contributed by atoms with Crippen LogP contribution in [0.5, 0.6) is 0 Å². The van der Waals surface area contributed by atoms with Gasteiger partial charge >= 0.3 is 0 Å². The highest BCUT2D eigenvalue weighted by atomic mass is 16.1. The van der Waals surface area contributed by atoms with Crippen LogP contribution in [-0.4, -0.2) is 17.3 Å². The van der Waals surface area contributed by atoms with Crippen LogP contribution in [0.3, 0.4) is 0 Å². The van der Waals surface area contributed by atoms with Crippen molar-refractivity contribution in [1.82, 2.24) is 0 Å². The molecule has 2 aliphatic carbocycles. The van der Waals surface area contributed by atoms with E-state index in [0.29, 0.717) is 36.5 Å². The van der Waals surface area contributed by atoms with E-state index in [4.69, 9.17) is 5.41 Å². The molecule has 0 saturated heterocycles. The summed E-state index contributed by atoms with van der Waals surface area (Å²) in [5.41, 5.74) is 3.43. The predicted octanol–water partition coefficient (Wildman–Crippen LogP) is 5.49. The number of benzene rings is 1. The van der Waals surface area contributed by atoms with Crippen molar-refractivity contribution in [2.75, 3.05) is 0 Å². The second-order valence-electron chi connectivity index (χ2n) is 9.41. The summed E-state index contributed by atoms with van der Waals surface area (Å²) in [6, 6.07) is 8.25. The first kappa shape index (κ1) is 20.7. The van der Waals surface area contributed by atoms with Crippen LogP contribution in [0.15, 0.2) is 36.4 Å². The zero-order chi connectivity index (χ0) is 20.5. The molecule has 0 spiro atoms. The summed E-state index contributed by atoms with van der Waals surface area (Å²) >= 11 is 0. The number of aryl methyl sites for hydroxylation is 1. The molecule has 0 aliphatic heterocycles. The van der Waals surface area contributed by atoms with Crippen molar-refractivity contribution in [1.29, 1.82) is 5.41 Å². The van der Waals surface area contributed by atoms with Crippen LogP contribution in [0, 0.1) is 35.5 Å². The quantitative estimate of drug-likeness (QED) is 0.687. The molecular formula is C25H33NO2. The van der Waals surface area contributed by atoms with E-state index in [1.807, 2.05) is 13.0 Å². The van der Waals surface area contributed by atoms with Crippen molar-refractivity contribution in [3.8, 4) is 0 Å². The van der Waals surface area contributed by atoms with Gasteiger partial charge in [-0.25, -0.2) is 0 Å². The van der Waals surface area contributed by atoms with E-state index in [-0.39, 0.29) is 28.8 Å². The molecule has 1 aromatic carbocycles. The maximum absolute atomic E-state index is 13.1. The summed E-state index contributed by atoms with van der Waals surface area (Å²) in [5.74, 6) is 0.495. The molecule has 4 unspecified atom stereocenters. The van der Waals surface area contributed by atoms with Gasteiger partial charge in [0.05, 0.1) is 5.92 Å². The van der Waals surface area contributed by atoms with Crippen LogP contribution in [0.25, 0.3) is 0 Å². The van der Waals surface area contributed by atoms with Crippen molar-refractivity contribution < 1.29 is 9.59 Å². The smallest absolute Gasteiger partial charge is 0.161 e. The maximum Gasteiger partial charge on any atom is 0.161 e. The second kappa shape index (κ2) is 8.14. The SMILES string of the molecule is C=C(Cc1cccc(C)c1)C(=O)C1CCCC(C2(C)CC(=N)C(C)C(=O)C2)C1. The fourth-order valence-electron chi connectivity index (χ4n) is 5.19. The highest BCUT2D eigenvalue weighted by Gasteiger charge is 2.45. The number of hydrogen-bond donors (Lipinski definition) is 1. The van der Waals surface area contributed by atoms with Crippen molar-refractivity contribution in [2.24, 2.45) is 23.2 Å². The van der Waals surface area contributed by atoms with Crippen molar-refractivity contribution in [2.45, 2.75) is 65.7 Å². The summed E-state index contributed by atoms with van der Waals surface area (Å²) in [7, 11) is 0. The molecule has 0 aromatic heterocycles. The Morgan fingerprint density at radius 3 is 2.71 bits per heavy atom. The molecule has 150 valence electrons. The Kier molecular flexibility index (Phi) is 6.02. The molecule has 3 heteroatoms. The number of allylic oxidation sites excluding steroid dienone is 1. The lowest BCUT2D eigenvalue weighted by Crippen LogP contribution is -2.43. The van der Waals surface area contributed by atoms with E-state index in [0.717, 1.165) is 31.2 Å². The van der Waals surface area contributed by atoms with Crippen LogP contribution in [-0.2, 0) is 16.0 Å². The van der Waals surface area contributed by atoms with E-state index >= 15 is 0 Å². The normalized spacial score (nSPS) is 30.9. The largest absolute Gasteiger partial charge is 0.309 e. The van der Waals surface area contributed by atoms with Gasteiger partial charge in [0.25, 0.3) is 0 Å². The number of rotatable bonds is 5. The Morgan fingerprint density at radius 2 is 2.04 bits per heavy atom. The van der Waals surface area contributed by atoms with Gasteiger partial charge in [0.1, 0.15) is 5.78 Å². The molecule has 2 saturated carbocycles. The van der Waals surface area contributed by atoms with Crippen LogP contribution < -0.4 is 0 Å². The minimum Gasteiger partial charge on any atom is -0.309 e. The zero-order valence-electron chi connectivity index (χ0n) is 17.5. The number of Topliss-reactive ketones (excluding diaryl/α,β-unsaturated/α-hetero) is 2. The molecular weight excluding hydrogens is 346 g/mol. The van der Waals surface area contributed by atoms with Gasteiger partial charge in [-0.3, -0.25) is 9.59 Å². The summed E-state index contributed by atoms with van der Waals surface area (Å²) in [6.07, 6.45) is 5.67. The van der Waals surface area contributed by atoms with Gasteiger partial charge in [0.15, 0.2) is 5.78 Å². The lowest BCUT2D eigenvalue weighted by molar-refractivity contribution is -0.125. The standard InChI is InChI=1S/C25H33NO2/c1-16-7-5-8-19(11-16)12-17(2)24(28)20-9-6-10-21(13-20)25(4)14-22(26)18(3)23(27)15-25/h5,7-8,11,18,20-21,26H,2,6,9-10,12-15H2,1,3-4H3. The van der Waals surface area contributed by atoms with Gasteiger partial charge < -0.3 is 5.41 Å². The fourth-order valence-corrected chi connectivity index (χ4v) is 5.19. The second-order valence-corrected chi connectivity index (χ2v) is 9.41. The van der Waals surface area contributed by atoms with Gasteiger partial charge in [-0.15, -0.1) is 0 Å². The summed E-state index contributed by atoms with van der Waals surface area (Å²) in [6.45, 7) is 10.2. The van der Waals surface area contributed by atoms with Crippen molar-refractivity contribution in [3.63, 3.8) is 0 Å². The molecule has 2 aliphatic rings. The first-order valence-corrected chi connectivity index (χ1v) is 10.6. The minimum atomic E-state index is -0.233. The monoisotopic (exact) mass is 379 g/mol. The third kappa shape index (κ3) is 4.34. The molecule has 0 radical (unpaired) electrons. The highest BCUT2D eigenvalue weighted by molar-refractivity contribution is 6.06. The van der Waals surface area contributed by atoms with Crippen LogP contribution in [0.2, 0.25) is 0 Å². The van der Waals surface area contributed by atoms with Gasteiger partial charge in [-0.2, -0.15) is 0 Å². The highest BCUT2D eigenvalue weighted by Crippen LogP contribution is 2.48. The molecule has 28 heavy (non-hydrogen) atoms. The lowest BCUT2D eigenvalue weighted by atomic mass is 9.58. The average Bonchev–Trinajstić information content (AvgIpc) is 2.65. The number of hydrogen-bond acceptors (Lipinski definition) is 3. The number of nitrogens with one attached hydrogen (secondary N) is 1. The van der Waals surface area contributed by atoms with Crippen LogP contribution in [0.1, 0.15) is 63.5 Å². The molecule has 0 heterocycles. The van der Waals surface area contributed by atoms with E-state index in [1.165, 1.54) is 5.56 Å². The molecule has 0 bridgehead atoms. The van der Waals surface area contributed by atoms with Crippen molar-refractivity contribution in [3.05, 3.63) is 47.5 Å². The number of carbonyl (C=O) groups is 2. The molecule has 1 aromatic rings. The fraction of sp³-hybridized carbons (Fsp3) is 0.560. The Hall–Kier alpha value is -2.03. The first-order valence-electron chi connectivity index (χ1n) is 10.6. The molecule has 3 rings (SSSR count). The van der Waals surface area contributed by atoms with E-state index in [2.05, 4.69) is 38.6 Å². The van der Waals surface area contributed by atoms with Crippen LogP contribution >= 0.6 is 0 Å². The maximum atomic E-state index is 13.1. The number of ketones is 2. The molecule has 4 atom stereocenters. The lowest BCUT2D eigenvalue weighted by Gasteiger charge is -2.45. The van der Waals surface area contributed by atoms with E-state index in [1.54, 1.807) is 0 Å². The van der Waals surface area contributed by atoms with Crippen LogP contribution in [0.4, 0.5) is 0 Å². The Morgan fingerprint density at radius 1 is 1.29 bits per heavy atom. The molecule has 1 N–H and O–H groups in total. The summed E-state index contributed by atoms with van der Waals surface area (Å²) in [4.78, 5) is 25.5. The molecule has 0 amide bonds. The molecule has 3 nitrogen and oxygen atoms in total. The minimum absolute atomic E-state index is 0.0107. The molecule has 2 fully saturated rings. The topological polar surface area (TPSA) is 58.0 Å². The summed E-state index contributed by atoms with van der Waals surface area (Å²) in [5, 5.41) is 8.24. The third-order valence-electron chi connectivity index (χ3n) is 7.06.